The molecule has 20 heavy (non-hydrogen) atoms. The predicted octanol–water partition coefficient (Wildman–Crippen LogP) is 1.40. The van der Waals surface area contributed by atoms with Gasteiger partial charge in [0, 0.05) is 18.0 Å². The molecule has 0 atom stereocenters. The third-order valence-corrected chi connectivity index (χ3v) is 3.56. The second-order valence-corrected chi connectivity index (χ2v) is 5.13. The van der Waals surface area contributed by atoms with Gasteiger partial charge < -0.3 is 19.7 Å². The molecule has 0 fully saturated rings. The summed E-state index contributed by atoms with van der Waals surface area (Å²) in [6.45, 7) is 0.196. The van der Waals surface area contributed by atoms with E-state index < -0.39 is 0 Å². The maximum absolute atomic E-state index is 11.9. The van der Waals surface area contributed by atoms with Crippen molar-refractivity contribution in [2.45, 2.75) is 0 Å². The standard InChI is InChI=1S/C13H12N2O4S/c16-12(6-15-3-4-20-7-13(15)17)14-9-1-2-10-11(5-9)19-8-18-10/h1-5H,6-8H2,(H,14,16). The molecule has 0 bridgehead atoms. The Bertz CT molecular complexity index is 588. The topological polar surface area (TPSA) is 67.9 Å². The summed E-state index contributed by atoms with van der Waals surface area (Å²) < 4.78 is 10.4. The van der Waals surface area contributed by atoms with E-state index in [-0.39, 0.29) is 25.2 Å². The Balaban J connectivity index is 1.62. The Morgan fingerprint density at radius 1 is 1.35 bits per heavy atom. The van der Waals surface area contributed by atoms with Crippen molar-refractivity contribution in [1.29, 1.82) is 0 Å². The molecule has 7 heteroatoms. The van der Waals surface area contributed by atoms with Gasteiger partial charge in [-0.1, -0.05) is 0 Å². The Morgan fingerprint density at radius 2 is 2.20 bits per heavy atom. The molecule has 3 rings (SSSR count). The maximum Gasteiger partial charge on any atom is 0.244 e. The quantitative estimate of drug-likeness (QED) is 0.912. The number of hydrogen-bond donors (Lipinski definition) is 1. The zero-order chi connectivity index (χ0) is 13.9. The van der Waals surface area contributed by atoms with Gasteiger partial charge in [0.1, 0.15) is 6.54 Å². The molecule has 1 aromatic rings. The molecule has 0 saturated carbocycles. The molecule has 6 nitrogen and oxygen atoms in total. The van der Waals surface area contributed by atoms with Crippen LogP contribution in [-0.2, 0) is 9.59 Å². The van der Waals surface area contributed by atoms with Gasteiger partial charge in [-0.25, -0.2) is 0 Å². The van der Waals surface area contributed by atoms with Crippen LogP contribution in [0.25, 0.3) is 0 Å². The molecule has 1 N–H and O–H groups in total. The molecule has 2 aliphatic heterocycles. The van der Waals surface area contributed by atoms with Crippen molar-refractivity contribution in [3.63, 3.8) is 0 Å². The summed E-state index contributed by atoms with van der Waals surface area (Å²) >= 11 is 1.42. The van der Waals surface area contributed by atoms with Crippen LogP contribution < -0.4 is 14.8 Å². The lowest BCUT2D eigenvalue weighted by molar-refractivity contribution is -0.129. The zero-order valence-electron chi connectivity index (χ0n) is 10.5. The van der Waals surface area contributed by atoms with E-state index in [1.807, 2.05) is 0 Å². The molecule has 0 unspecified atom stereocenters. The van der Waals surface area contributed by atoms with Crippen LogP contribution in [0, 0.1) is 0 Å². The molecule has 2 aliphatic rings. The molecule has 104 valence electrons. The van der Waals surface area contributed by atoms with Gasteiger partial charge in [-0.05, 0) is 17.5 Å². The minimum atomic E-state index is -0.256. The van der Waals surface area contributed by atoms with E-state index in [1.165, 1.54) is 16.7 Å². The molecule has 0 aliphatic carbocycles. The number of hydrogen-bond acceptors (Lipinski definition) is 5. The van der Waals surface area contributed by atoms with Crippen LogP contribution in [0.2, 0.25) is 0 Å². The van der Waals surface area contributed by atoms with Crippen molar-refractivity contribution in [3.05, 3.63) is 29.8 Å². The number of nitrogens with one attached hydrogen (secondary N) is 1. The van der Waals surface area contributed by atoms with E-state index in [0.29, 0.717) is 22.9 Å². The molecule has 0 saturated heterocycles. The number of fused-ring (bicyclic) bond motifs is 1. The van der Waals surface area contributed by atoms with Crippen LogP contribution in [-0.4, -0.2) is 35.8 Å². The van der Waals surface area contributed by atoms with Gasteiger partial charge in [-0.3, -0.25) is 9.59 Å². The summed E-state index contributed by atoms with van der Waals surface area (Å²) in [4.78, 5) is 24.9. The number of carbonyl (C=O) groups excluding carboxylic acids is 2. The summed E-state index contributed by atoms with van der Waals surface area (Å²) in [5.41, 5.74) is 0.613. The average Bonchev–Trinajstić information content (AvgIpc) is 2.89. The van der Waals surface area contributed by atoms with Crippen molar-refractivity contribution < 1.29 is 19.1 Å². The molecular formula is C13H12N2O4S. The summed E-state index contributed by atoms with van der Waals surface area (Å²) in [5, 5.41) is 4.53. The van der Waals surface area contributed by atoms with Gasteiger partial charge in [0.25, 0.3) is 0 Å². The first kappa shape index (κ1) is 12.9. The SMILES string of the molecule is O=C(CN1C=CSCC1=O)Nc1ccc2c(c1)OCO2. The lowest BCUT2D eigenvalue weighted by Crippen LogP contribution is -2.36. The van der Waals surface area contributed by atoms with Gasteiger partial charge in [0.05, 0.1) is 5.75 Å². The van der Waals surface area contributed by atoms with E-state index in [9.17, 15) is 9.59 Å². The van der Waals surface area contributed by atoms with Gasteiger partial charge >= 0.3 is 0 Å². The average molecular weight is 292 g/mol. The predicted molar refractivity (Wildman–Crippen MR) is 74.5 cm³/mol. The second kappa shape index (κ2) is 5.46. The van der Waals surface area contributed by atoms with Gasteiger partial charge in [-0.15, -0.1) is 11.8 Å². The Morgan fingerprint density at radius 3 is 3.05 bits per heavy atom. The van der Waals surface area contributed by atoms with Crippen molar-refractivity contribution in [1.82, 2.24) is 4.90 Å². The van der Waals surface area contributed by atoms with Crippen LogP contribution in [0.3, 0.4) is 0 Å². The van der Waals surface area contributed by atoms with Crippen LogP contribution in [0.5, 0.6) is 11.5 Å². The zero-order valence-corrected chi connectivity index (χ0v) is 11.3. The number of benzene rings is 1. The third kappa shape index (κ3) is 2.72. The van der Waals surface area contributed by atoms with Crippen LogP contribution in [0.4, 0.5) is 5.69 Å². The van der Waals surface area contributed by atoms with Crippen molar-refractivity contribution >= 4 is 29.3 Å². The van der Waals surface area contributed by atoms with Crippen LogP contribution >= 0.6 is 11.8 Å². The first-order valence-electron chi connectivity index (χ1n) is 5.99. The highest BCUT2D eigenvalue weighted by Gasteiger charge is 2.18. The van der Waals surface area contributed by atoms with E-state index in [4.69, 9.17) is 9.47 Å². The van der Waals surface area contributed by atoms with Crippen molar-refractivity contribution in [2.75, 3.05) is 24.4 Å². The first-order valence-corrected chi connectivity index (χ1v) is 7.04. The highest BCUT2D eigenvalue weighted by molar-refractivity contribution is 8.02. The molecule has 0 spiro atoms. The largest absolute Gasteiger partial charge is 0.454 e. The summed E-state index contributed by atoms with van der Waals surface area (Å²) in [5.74, 6) is 1.31. The normalized spacial score (nSPS) is 16.4. The number of amides is 2. The number of ether oxygens (including phenoxy) is 2. The fraction of sp³-hybridized carbons (Fsp3) is 0.231. The maximum atomic E-state index is 11.9. The van der Waals surface area contributed by atoms with E-state index in [1.54, 1.807) is 29.8 Å². The minimum Gasteiger partial charge on any atom is -0.454 e. The number of carbonyl (C=O) groups is 2. The smallest absolute Gasteiger partial charge is 0.244 e. The fourth-order valence-electron chi connectivity index (χ4n) is 1.87. The van der Waals surface area contributed by atoms with Crippen molar-refractivity contribution in [2.24, 2.45) is 0 Å². The molecule has 2 amide bonds. The highest BCUT2D eigenvalue weighted by Crippen LogP contribution is 2.34. The van der Waals surface area contributed by atoms with Gasteiger partial charge in [0.2, 0.25) is 18.6 Å². The van der Waals surface area contributed by atoms with Gasteiger partial charge in [-0.2, -0.15) is 0 Å². The minimum absolute atomic E-state index is 0.00430. The molecule has 1 aromatic carbocycles. The Hall–Kier alpha value is -2.15. The Labute approximate surface area is 119 Å². The summed E-state index contributed by atoms with van der Waals surface area (Å²) in [7, 11) is 0. The fourth-order valence-corrected chi connectivity index (χ4v) is 2.51. The number of nitrogens with zero attached hydrogens (tertiary/aromatic N) is 1. The molecule has 0 aromatic heterocycles. The third-order valence-electron chi connectivity index (χ3n) is 2.83. The van der Waals surface area contributed by atoms with Gasteiger partial charge in [0.15, 0.2) is 11.5 Å². The number of anilines is 1. The second-order valence-electron chi connectivity index (χ2n) is 4.23. The van der Waals surface area contributed by atoms with E-state index in [0.717, 1.165) is 0 Å². The highest BCUT2D eigenvalue weighted by atomic mass is 32.2. The number of thioether (sulfide) groups is 1. The Kier molecular flexibility index (Phi) is 3.51. The molecule has 0 radical (unpaired) electrons. The number of rotatable bonds is 3. The first-order chi connectivity index (χ1) is 9.72. The van der Waals surface area contributed by atoms with Crippen LogP contribution in [0.1, 0.15) is 0 Å². The molecular weight excluding hydrogens is 280 g/mol. The van der Waals surface area contributed by atoms with Crippen molar-refractivity contribution in [3.8, 4) is 11.5 Å². The lowest BCUT2D eigenvalue weighted by atomic mass is 10.2. The summed E-state index contributed by atoms with van der Waals surface area (Å²) in [6, 6.07) is 5.17. The van der Waals surface area contributed by atoms with E-state index in [2.05, 4.69) is 5.32 Å². The lowest BCUT2D eigenvalue weighted by Gasteiger charge is -2.20. The van der Waals surface area contributed by atoms with Crippen LogP contribution in [0.15, 0.2) is 29.8 Å². The monoisotopic (exact) mass is 292 g/mol. The summed E-state index contributed by atoms with van der Waals surface area (Å²) in [6.07, 6.45) is 1.62. The molecule has 2 heterocycles. The van der Waals surface area contributed by atoms with E-state index >= 15 is 0 Å².